The number of carbonyl (C=O) groups excluding carboxylic acids is 2. The number of primary amides is 1. The summed E-state index contributed by atoms with van der Waals surface area (Å²) in [5, 5.41) is 0. The molecular formula is C18H23FN4O2. The summed E-state index contributed by atoms with van der Waals surface area (Å²) in [4.78, 5) is 29.7. The minimum Gasteiger partial charge on any atom is -0.368 e. The fourth-order valence-corrected chi connectivity index (χ4v) is 3.00. The van der Waals surface area contributed by atoms with Crippen molar-refractivity contribution in [2.75, 3.05) is 46.3 Å². The molecule has 1 aromatic rings. The van der Waals surface area contributed by atoms with Crippen LogP contribution in [0.4, 0.5) is 4.39 Å². The summed E-state index contributed by atoms with van der Waals surface area (Å²) >= 11 is 0. The van der Waals surface area contributed by atoms with E-state index in [9.17, 15) is 14.0 Å². The summed E-state index contributed by atoms with van der Waals surface area (Å²) in [6.45, 7) is 3.24. The second kappa shape index (κ2) is 8.60. The Morgan fingerprint density at radius 3 is 2.60 bits per heavy atom. The van der Waals surface area contributed by atoms with Crippen molar-refractivity contribution >= 4 is 11.8 Å². The Bertz CT molecular complexity index is 665. The third-order valence-corrected chi connectivity index (χ3v) is 4.30. The minimum atomic E-state index is -0.859. The highest BCUT2D eigenvalue weighted by atomic mass is 19.1. The number of rotatable bonds is 6. The molecule has 1 aliphatic heterocycles. The van der Waals surface area contributed by atoms with Crippen LogP contribution in [0.25, 0.3) is 0 Å². The van der Waals surface area contributed by atoms with Gasteiger partial charge in [0.15, 0.2) is 0 Å². The molecule has 1 aliphatic rings. The van der Waals surface area contributed by atoms with Crippen LogP contribution < -0.4 is 5.73 Å². The van der Waals surface area contributed by atoms with Crippen LogP contribution in [0.5, 0.6) is 0 Å². The van der Waals surface area contributed by atoms with Gasteiger partial charge in [-0.2, -0.15) is 0 Å². The van der Waals surface area contributed by atoms with E-state index < -0.39 is 17.8 Å². The number of nitrogens with two attached hydrogens (primary N) is 1. The number of benzene rings is 1. The van der Waals surface area contributed by atoms with E-state index >= 15 is 0 Å². The van der Waals surface area contributed by atoms with Crippen molar-refractivity contribution in [2.45, 2.75) is 6.04 Å². The number of hydrogen-bond acceptors (Lipinski definition) is 4. The molecule has 0 radical (unpaired) electrons. The zero-order valence-corrected chi connectivity index (χ0v) is 14.3. The highest BCUT2D eigenvalue weighted by Gasteiger charge is 2.27. The van der Waals surface area contributed by atoms with Crippen molar-refractivity contribution < 1.29 is 14.0 Å². The van der Waals surface area contributed by atoms with E-state index in [-0.39, 0.29) is 12.5 Å². The first-order valence-electron chi connectivity index (χ1n) is 8.11. The van der Waals surface area contributed by atoms with Crippen molar-refractivity contribution in [1.29, 1.82) is 0 Å². The average molecular weight is 346 g/mol. The molecule has 2 N–H and O–H groups in total. The number of amides is 2. The fourth-order valence-electron chi connectivity index (χ4n) is 3.00. The Morgan fingerprint density at radius 1 is 1.36 bits per heavy atom. The van der Waals surface area contributed by atoms with Gasteiger partial charge in [-0.1, -0.05) is 18.1 Å². The quantitative estimate of drug-likeness (QED) is 0.740. The second-order valence-electron chi connectivity index (χ2n) is 6.14. The van der Waals surface area contributed by atoms with Gasteiger partial charge < -0.3 is 10.6 Å². The molecule has 1 atom stereocenters. The zero-order valence-electron chi connectivity index (χ0n) is 14.3. The van der Waals surface area contributed by atoms with Crippen LogP contribution in [0.15, 0.2) is 24.3 Å². The van der Waals surface area contributed by atoms with Crippen LogP contribution in [0.3, 0.4) is 0 Å². The number of carbonyl (C=O) groups is 2. The maximum Gasteiger partial charge on any atom is 0.239 e. The van der Waals surface area contributed by atoms with Gasteiger partial charge in [-0.3, -0.25) is 19.4 Å². The number of hydrogen-bond donors (Lipinski definition) is 1. The number of nitrogens with zero attached hydrogens (tertiary/aromatic N) is 3. The maximum absolute atomic E-state index is 13.4. The molecular weight excluding hydrogens is 323 g/mol. The maximum atomic E-state index is 13.4. The molecule has 6 nitrogen and oxygen atoms in total. The zero-order chi connectivity index (χ0) is 18.4. The lowest BCUT2D eigenvalue weighted by Crippen LogP contribution is -2.51. The summed E-state index contributed by atoms with van der Waals surface area (Å²) in [6, 6.07) is 4.83. The van der Waals surface area contributed by atoms with E-state index in [0.717, 1.165) is 13.1 Å². The summed E-state index contributed by atoms with van der Waals surface area (Å²) in [5.74, 6) is 1.43. The molecule has 0 unspecified atom stereocenters. The number of likely N-dealkylation sites (N-methyl/N-ethyl adjacent to an activating group) is 1. The molecule has 7 heteroatoms. The molecule has 134 valence electrons. The van der Waals surface area contributed by atoms with Crippen molar-refractivity contribution in [1.82, 2.24) is 14.7 Å². The van der Waals surface area contributed by atoms with Gasteiger partial charge in [0, 0.05) is 26.2 Å². The van der Waals surface area contributed by atoms with Crippen molar-refractivity contribution in [2.24, 2.45) is 5.73 Å². The Hall–Kier alpha value is -2.43. The molecule has 0 spiro atoms. The lowest BCUT2D eigenvalue weighted by atomic mass is 10.0. The van der Waals surface area contributed by atoms with Crippen molar-refractivity contribution in [3.63, 3.8) is 0 Å². The molecule has 1 heterocycles. The van der Waals surface area contributed by atoms with E-state index in [1.165, 1.54) is 18.2 Å². The van der Waals surface area contributed by atoms with E-state index in [1.807, 2.05) is 0 Å². The predicted molar refractivity (Wildman–Crippen MR) is 92.8 cm³/mol. The minimum absolute atomic E-state index is 0.0270. The summed E-state index contributed by atoms with van der Waals surface area (Å²) in [5.41, 5.74) is 5.90. The normalized spacial score (nSPS) is 16.5. The number of halogens is 1. The first-order valence-corrected chi connectivity index (χ1v) is 8.11. The smallest absolute Gasteiger partial charge is 0.239 e. The molecule has 0 saturated carbocycles. The van der Waals surface area contributed by atoms with E-state index in [0.29, 0.717) is 25.2 Å². The predicted octanol–water partition coefficient (Wildman–Crippen LogP) is 0.0613. The lowest BCUT2D eigenvalue weighted by molar-refractivity contribution is -0.135. The Labute approximate surface area is 147 Å². The molecule has 0 aliphatic carbocycles. The van der Waals surface area contributed by atoms with Crippen LogP contribution in [-0.2, 0) is 9.59 Å². The SMILES string of the molecule is C#CCN1CCN(C(=O)CN(C)[C@@H](C(N)=O)c2cccc(F)c2)CC1. The van der Waals surface area contributed by atoms with Gasteiger partial charge in [0.05, 0.1) is 13.1 Å². The van der Waals surface area contributed by atoms with Gasteiger partial charge in [0.1, 0.15) is 11.9 Å². The van der Waals surface area contributed by atoms with Gasteiger partial charge in [-0.25, -0.2) is 4.39 Å². The standard InChI is InChI=1S/C18H23FN4O2/c1-3-7-22-8-10-23(11-9-22)16(24)13-21(2)17(18(20)25)14-5-4-6-15(19)12-14/h1,4-6,12,17H,7-11,13H2,2H3,(H2,20,25)/t17-/m1/s1. The van der Waals surface area contributed by atoms with E-state index in [1.54, 1.807) is 22.9 Å². The van der Waals surface area contributed by atoms with Gasteiger partial charge in [-0.05, 0) is 24.7 Å². The van der Waals surface area contributed by atoms with Crippen LogP contribution in [0, 0.1) is 18.2 Å². The first-order chi connectivity index (χ1) is 11.9. The van der Waals surface area contributed by atoms with Gasteiger partial charge in [-0.15, -0.1) is 6.42 Å². The summed E-state index contributed by atoms with van der Waals surface area (Å²) < 4.78 is 13.4. The molecule has 1 fully saturated rings. The van der Waals surface area contributed by atoms with Crippen molar-refractivity contribution in [3.8, 4) is 12.3 Å². The molecule has 1 aromatic carbocycles. The molecule has 2 rings (SSSR count). The third-order valence-electron chi connectivity index (χ3n) is 4.30. The van der Waals surface area contributed by atoms with Gasteiger partial charge >= 0.3 is 0 Å². The Morgan fingerprint density at radius 2 is 2.04 bits per heavy atom. The average Bonchev–Trinajstić information content (AvgIpc) is 2.55. The lowest BCUT2D eigenvalue weighted by Gasteiger charge is -2.35. The first kappa shape index (κ1) is 18.9. The number of terminal acetylenes is 1. The van der Waals surface area contributed by atoms with Gasteiger partial charge in [0.25, 0.3) is 0 Å². The van der Waals surface area contributed by atoms with Crippen LogP contribution in [0.1, 0.15) is 11.6 Å². The summed E-state index contributed by atoms with van der Waals surface area (Å²) in [7, 11) is 1.63. The highest BCUT2D eigenvalue weighted by molar-refractivity contribution is 5.83. The van der Waals surface area contributed by atoms with Crippen LogP contribution in [0.2, 0.25) is 0 Å². The molecule has 0 bridgehead atoms. The summed E-state index contributed by atoms with van der Waals surface area (Å²) in [6.07, 6.45) is 5.30. The third kappa shape index (κ3) is 5.02. The van der Waals surface area contributed by atoms with Crippen molar-refractivity contribution in [3.05, 3.63) is 35.6 Å². The Kier molecular flexibility index (Phi) is 6.51. The highest BCUT2D eigenvalue weighted by Crippen LogP contribution is 2.20. The largest absolute Gasteiger partial charge is 0.368 e. The molecule has 25 heavy (non-hydrogen) atoms. The van der Waals surface area contributed by atoms with Crippen LogP contribution in [-0.4, -0.2) is 72.8 Å². The molecule has 1 saturated heterocycles. The number of piperazine rings is 1. The van der Waals surface area contributed by atoms with Crippen LogP contribution >= 0.6 is 0 Å². The monoisotopic (exact) mass is 346 g/mol. The fraction of sp³-hybridized carbons (Fsp3) is 0.444. The second-order valence-corrected chi connectivity index (χ2v) is 6.14. The molecule has 2 amide bonds. The topological polar surface area (TPSA) is 69.9 Å². The Balaban J connectivity index is 1.99. The van der Waals surface area contributed by atoms with Gasteiger partial charge in [0.2, 0.25) is 11.8 Å². The van der Waals surface area contributed by atoms with E-state index in [4.69, 9.17) is 12.2 Å². The molecule has 0 aromatic heterocycles. The van der Waals surface area contributed by atoms with E-state index in [2.05, 4.69) is 10.8 Å².